The monoisotopic (exact) mass is 1090 g/mol. The van der Waals surface area contributed by atoms with Crippen LogP contribution in [0.1, 0.15) is 348 Å². The summed E-state index contributed by atoms with van der Waals surface area (Å²) < 4.78 is 16.9. The Kier molecular flexibility index (Phi) is 63.7. The molecule has 0 bridgehead atoms. The molecule has 0 aliphatic carbocycles. The van der Waals surface area contributed by atoms with Gasteiger partial charge >= 0.3 is 17.9 Å². The second kappa shape index (κ2) is 66.4. The number of carbonyl (C=O) groups is 3. The predicted molar refractivity (Wildman–Crippen MR) is 339 cm³/mol. The average Bonchev–Trinajstić information content (AvgIpc) is 3.44. The van der Waals surface area contributed by atoms with Gasteiger partial charge in [0.05, 0.1) is 0 Å². The zero-order valence-electron chi connectivity index (χ0n) is 51.9. The molecule has 0 aliphatic rings. The van der Waals surface area contributed by atoms with Crippen LogP contribution in [0.25, 0.3) is 0 Å². The third-order valence-corrected chi connectivity index (χ3v) is 14.9. The fraction of sp³-hybridized carbons (Fsp3) is 0.792. The number of hydrogen-bond donors (Lipinski definition) is 0. The number of unbranched alkanes of at least 4 members (excludes halogenated alkanes) is 39. The van der Waals surface area contributed by atoms with Crippen molar-refractivity contribution in [2.24, 2.45) is 0 Å². The highest BCUT2D eigenvalue weighted by Crippen LogP contribution is 2.18. The van der Waals surface area contributed by atoms with Gasteiger partial charge in [-0.25, -0.2) is 0 Å². The smallest absolute Gasteiger partial charge is 0.306 e. The first-order valence-electron chi connectivity index (χ1n) is 33.9. The van der Waals surface area contributed by atoms with Crippen molar-refractivity contribution in [3.05, 3.63) is 72.9 Å². The van der Waals surface area contributed by atoms with E-state index in [1.165, 1.54) is 205 Å². The molecule has 0 saturated heterocycles. The van der Waals surface area contributed by atoms with Crippen LogP contribution in [0.15, 0.2) is 72.9 Å². The molecule has 0 aromatic rings. The SMILES string of the molecule is CC/C=C\C/C=C\C/C=C\C/C=C\C/C=C\CCCCCC(=O)OC(COC(=O)CCCCCCC/C=C\CCCC)COC(=O)CCCCCCCCCCCCCCCCCCCCCCCCCCCCCCCC. The maximum absolute atomic E-state index is 12.9. The summed E-state index contributed by atoms with van der Waals surface area (Å²) >= 11 is 0. The van der Waals surface area contributed by atoms with E-state index in [1.54, 1.807) is 0 Å². The van der Waals surface area contributed by atoms with Crippen LogP contribution in [0.3, 0.4) is 0 Å². The lowest BCUT2D eigenvalue weighted by atomic mass is 10.0. The van der Waals surface area contributed by atoms with Crippen LogP contribution >= 0.6 is 0 Å². The van der Waals surface area contributed by atoms with E-state index in [0.717, 1.165) is 103 Å². The normalized spacial score (nSPS) is 12.5. The van der Waals surface area contributed by atoms with E-state index in [9.17, 15) is 14.4 Å². The van der Waals surface area contributed by atoms with Gasteiger partial charge in [-0.1, -0.05) is 318 Å². The van der Waals surface area contributed by atoms with E-state index in [1.807, 2.05) is 0 Å². The van der Waals surface area contributed by atoms with Crippen LogP contribution in [0.4, 0.5) is 0 Å². The van der Waals surface area contributed by atoms with Crippen molar-refractivity contribution >= 4 is 17.9 Å². The maximum atomic E-state index is 12.9. The van der Waals surface area contributed by atoms with Gasteiger partial charge in [0.15, 0.2) is 6.10 Å². The summed E-state index contributed by atoms with van der Waals surface area (Å²) in [7, 11) is 0. The van der Waals surface area contributed by atoms with E-state index in [0.29, 0.717) is 12.8 Å². The molecule has 0 saturated carbocycles. The van der Waals surface area contributed by atoms with Gasteiger partial charge < -0.3 is 14.2 Å². The van der Waals surface area contributed by atoms with Gasteiger partial charge in [-0.3, -0.25) is 14.4 Å². The van der Waals surface area contributed by atoms with E-state index in [-0.39, 0.29) is 37.5 Å². The third-order valence-electron chi connectivity index (χ3n) is 14.9. The Morgan fingerprint density at radius 3 is 0.846 bits per heavy atom. The van der Waals surface area contributed by atoms with Gasteiger partial charge in [-0.05, 0) is 83.5 Å². The number of allylic oxidation sites excluding steroid dienone is 12. The van der Waals surface area contributed by atoms with Gasteiger partial charge in [0.2, 0.25) is 0 Å². The minimum absolute atomic E-state index is 0.0889. The molecule has 1 atom stereocenters. The fourth-order valence-electron chi connectivity index (χ4n) is 9.87. The zero-order valence-corrected chi connectivity index (χ0v) is 51.9. The quantitative estimate of drug-likeness (QED) is 0.0261. The van der Waals surface area contributed by atoms with Crippen LogP contribution in [0, 0.1) is 0 Å². The summed E-state index contributed by atoms with van der Waals surface area (Å²) in [6.45, 7) is 6.50. The molecular weight excluding hydrogens is 961 g/mol. The van der Waals surface area contributed by atoms with Crippen molar-refractivity contribution in [1.29, 1.82) is 0 Å². The van der Waals surface area contributed by atoms with Crippen LogP contribution in [0.2, 0.25) is 0 Å². The molecule has 0 N–H and O–H groups in total. The molecule has 0 aromatic heterocycles. The number of ether oxygens (including phenoxy) is 3. The molecule has 0 aliphatic heterocycles. The molecule has 1 unspecified atom stereocenters. The van der Waals surface area contributed by atoms with Crippen molar-refractivity contribution in [1.82, 2.24) is 0 Å². The fourth-order valence-corrected chi connectivity index (χ4v) is 9.87. The Labute approximate surface area is 484 Å². The number of esters is 3. The van der Waals surface area contributed by atoms with Crippen LogP contribution in [0.5, 0.6) is 0 Å². The van der Waals surface area contributed by atoms with Gasteiger partial charge in [0.25, 0.3) is 0 Å². The second-order valence-corrected chi connectivity index (χ2v) is 22.7. The molecule has 6 nitrogen and oxygen atoms in total. The van der Waals surface area contributed by atoms with Crippen molar-refractivity contribution in [2.75, 3.05) is 13.2 Å². The van der Waals surface area contributed by atoms with Crippen molar-refractivity contribution < 1.29 is 28.6 Å². The Morgan fingerprint density at radius 1 is 0.269 bits per heavy atom. The van der Waals surface area contributed by atoms with Crippen LogP contribution < -0.4 is 0 Å². The lowest BCUT2D eigenvalue weighted by Crippen LogP contribution is -2.30. The van der Waals surface area contributed by atoms with Gasteiger partial charge in [-0.15, -0.1) is 0 Å². The van der Waals surface area contributed by atoms with E-state index < -0.39 is 6.10 Å². The standard InChI is InChI=1S/C72H128O6/c1-4-7-10-13-16-19-22-24-26-28-30-31-32-33-34-35-36-37-38-39-40-42-43-45-47-50-53-56-59-62-65-71(74)77-68-69(67-76-70(73)64-61-58-55-52-49-21-18-15-12-9-6-3)78-72(75)66-63-60-57-54-51-48-46-44-41-29-27-25-23-20-17-14-11-8-5-2/h8,11,15,17-18,20,25,27,41,44,48,51,69H,4-7,9-10,12-14,16,19,21-24,26,28-40,42-43,45-47,49-50,52-68H2,1-3H3/b11-8-,18-15-,20-17-,27-25-,44-41-,51-48-. The Balaban J connectivity index is 4.18. The molecule has 78 heavy (non-hydrogen) atoms. The molecule has 6 heteroatoms. The maximum Gasteiger partial charge on any atom is 0.306 e. The first kappa shape index (κ1) is 74.8. The highest BCUT2D eigenvalue weighted by Gasteiger charge is 2.19. The number of hydrogen-bond acceptors (Lipinski definition) is 6. The summed E-state index contributed by atoms with van der Waals surface area (Å²) in [5, 5.41) is 0. The van der Waals surface area contributed by atoms with E-state index >= 15 is 0 Å². The van der Waals surface area contributed by atoms with Crippen LogP contribution in [-0.2, 0) is 28.6 Å². The summed E-state index contributed by atoms with van der Waals surface area (Å²) in [5.41, 5.74) is 0. The Hall–Kier alpha value is -3.15. The molecule has 0 radical (unpaired) electrons. The lowest BCUT2D eigenvalue weighted by molar-refractivity contribution is -0.167. The minimum Gasteiger partial charge on any atom is -0.462 e. The second-order valence-electron chi connectivity index (χ2n) is 22.7. The van der Waals surface area contributed by atoms with E-state index in [4.69, 9.17) is 14.2 Å². The molecule has 0 amide bonds. The molecule has 0 spiro atoms. The third kappa shape index (κ3) is 63.7. The predicted octanol–water partition coefficient (Wildman–Crippen LogP) is 23.3. The number of rotatable bonds is 62. The summed E-state index contributed by atoms with van der Waals surface area (Å²) in [6.07, 6.45) is 86.6. The summed E-state index contributed by atoms with van der Waals surface area (Å²) in [6, 6.07) is 0. The first-order chi connectivity index (χ1) is 38.5. The zero-order chi connectivity index (χ0) is 56.4. The molecular formula is C72H128O6. The Bertz CT molecular complexity index is 1440. The lowest BCUT2D eigenvalue weighted by Gasteiger charge is -2.18. The first-order valence-corrected chi connectivity index (χ1v) is 33.9. The van der Waals surface area contributed by atoms with Gasteiger partial charge in [0.1, 0.15) is 13.2 Å². The molecule has 0 fully saturated rings. The topological polar surface area (TPSA) is 78.9 Å². The highest BCUT2D eigenvalue weighted by molar-refractivity contribution is 5.71. The van der Waals surface area contributed by atoms with E-state index in [2.05, 4.69) is 93.7 Å². The molecule has 0 rings (SSSR count). The summed E-state index contributed by atoms with van der Waals surface area (Å²) in [5.74, 6) is -0.917. The van der Waals surface area contributed by atoms with Crippen molar-refractivity contribution in [3.63, 3.8) is 0 Å². The van der Waals surface area contributed by atoms with Crippen LogP contribution in [-0.4, -0.2) is 37.2 Å². The largest absolute Gasteiger partial charge is 0.462 e. The van der Waals surface area contributed by atoms with Crippen molar-refractivity contribution in [3.8, 4) is 0 Å². The van der Waals surface area contributed by atoms with Gasteiger partial charge in [0, 0.05) is 19.3 Å². The molecule has 0 heterocycles. The highest BCUT2D eigenvalue weighted by atomic mass is 16.6. The van der Waals surface area contributed by atoms with Crippen molar-refractivity contribution in [2.45, 2.75) is 354 Å². The minimum atomic E-state index is -0.796. The number of carbonyl (C=O) groups excluding carboxylic acids is 3. The molecule has 452 valence electrons. The average molecular weight is 1090 g/mol. The molecule has 0 aromatic carbocycles. The Morgan fingerprint density at radius 2 is 0.513 bits per heavy atom. The summed E-state index contributed by atoms with van der Waals surface area (Å²) in [4.78, 5) is 38.3. The van der Waals surface area contributed by atoms with Gasteiger partial charge in [-0.2, -0.15) is 0 Å².